The Kier molecular flexibility index (Phi) is 1.89. The number of fused-ring (bicyclic) bond motifs is 1. The van der Waals surface area contributed by atoms with Crippen LogP contribution in [0.15, 0.2) is 16.2 Å². The third-order valence-corrected chi connectivity index (χ3v) is 2.89. The van der Waals surface area contributed by atoms with Crippen molar-refractivity contribution in [1.29, 1.82) is 0 Å². The predicted molar refractivity (Wildman–Crippen MR) is 54.1 cm³/mol. The standard InChI is InChI=1S/C9H7NO3S/c1-4-2-6(11)5-3-14-8(9(12)13)7(5)10-4/h2-3,10H,1H3,(H,12,13). The second kappa shape index (κ2) is 2.95. The van der Waals surface area contributed by atoms with E-state index in [1.165, 1.54) is 6.07 Å². The Labute approximate surface area is 82.8 Å². The van der Waals surface area contributed by atoms with Crippen LogP contribution < -0.4 is 5.43 Å². The zero-order chi connectivity index (χ0) is 10.3. The van der Waals surface area contributed by atoms with Crippen LogP contribution in [-0.4, -0.2) is 16.1 Å². The fourth-order valence-corrected chi connectivity index (χ4v) is 2.18. The summed E-state index contributed by atoms with van der Waals surface area (Å²) >= 11 is 1.06. The Hall–Kier alpha value is -1.62. The monoisotopic (exact) mass is 209 g/mol. The largest absolute Gasteiger partial charge is 0.477 e. The van der Waals surface area contributed by atoms with E-state index in [2.05, 4.69) is 4.98 Å². The topological polar surface area (TPSA) is 70.2 Å². The summed E-state index contributed by atoms with van der Waals surface area (Å²) in [6.07, 6.45) is 0. The van der Waals surface area contributed by atoms with Crippen molar-refractivity contribution in [2.75, 3.05) is 0 Å². The van der Waals surface area contributed by atoms with Crippen LogP contribution in [0.25, 0.3) is 10.9 Å². The molecule has 2 rings (SSSR count). The highest BCUT2D eigenvalue weighted by Crippen LogP contribution is 2.21. The van der Waals surface area contributed by atoms with Gasteiger partial charge in [-0.15, -0.1) is 11.3 Å². The summed E-state index contributed by atoms with van der Waals surface area (Å²) in [5.74, 6) is -1.01. The van der Waals surface area contributed by atoms with Gasteiger partial charge in [0.2, 0.25) is 0 Å². The van der Waals surface area contributed by atoms with E-state index in [1.54, 1.807) is 12.3 Å². The van der Waals surface area contributed by atoms with E-state index < -0.39 is 5.97 Å². The minimum absolute atomic E-state index is 0.139. The number of rotatable bonds is 1. The first-order chi connectivity index (χ1) is 6.59. The van der Waals surface area contributed by atoms with Crippen molar-refractivity contribution in [2.24, 2.45) is 0 Å². The van der Waals surface area contributed by atoms with Crippen molar-refractivity contribution in [3.05, 3.63) is 32.2 Å². The van der Waals surface area contributed by atoms with Crippen molar-refractivity contribution in [2.45, 2.75) is 6.92 Å². The first kappa shape index (κ1) is 8.96. The molecule has 0 saturated carbocycles. The molecule has 0 fully saturated rings. The van der Waals surface area contributed by atoms with E-state index in [1.807, 2.05) is 0 Å². The maximum Gasteiger partial charge on any atom is 0.348 e. The van der Waals surface area contributed by atoms with Crippen LogP contribution in [-0.2, 0) is 0 Å². The highest BCUT2D eigenvalue weighted by molar-refractivity contribution is 7.13. The summed E-state index contributed by atoms with van der Waals surface area (Å²) in [4.78, 5) is 25.3. The zero-order valence-electron chi connectivity index (χ0n) is 7.33. The van der Waals surface area contributed by atoms with E-state index >= 15 is 0 Å². The Bertz CT molecular complexity index is 567. The molecule has 2 aromatic rings. The number of H-pyrrole nitrogens is 1. The lowest BCUT2D eigenvalue weighted by molar-refractivity contribution is 0.0704. The lowest BCUT2D eigenvalue weighted by atomic mass is 10.2. The fraction of sp³-hybridized carbons (Fsp3) is 0.111. The minimum Gasteiger partial charge on any atom is -0.477 e. The number of pyridine rings is 1. The highest BCUT2D eigenvalue weighted by Gasteiger charge is 2.13. The molecule has 0 aliphatic carbocycles. The Balaban J connectivity index is 2.92. The summed E-state index contributed by atoms with van der Waals surface area (Å²) in [5.41, 5.74) is 0.955. The maximum absolute atomic E-state index is 11.4. The molecule has 2 heterocycles. The van der Waals surface area contributed by atoms with Gasteiger partial charge in [0.05, 0.1) is 10.9 Å². The predicted octanol–water partition coefficient (Wildman–Crippen LogP) is 1.60. The van der Waals surface area contributed by atoms with Crippen LogP contribution in [0.1, 0.15) is 15.4 Å². The summed E-state index contributed by atoms with van der Waals surface area (Å²) in [6.45, 7) is 1.73. The number of aryl methyl sites for hydroxylation is 1. The summed E-state index contributed by atoms with van der Waals surface area (Å²) < 4.78 is 0. The molecule has 2 N–H and O–H groups in total. The number of nitrogens with one attached hydrogen (secondary N) is 1. The average Bonchev–Trinajstić information content (AvgIpc) is 2.47. The van der Waals surface area contributed by atoms with Gasteiger partial charge in [-0.1, -0.05) is 0 Å². The number of hydrogen-bond acceptors (Lipinski definition) is 3. The Morgan fingerprint density at radius 2 is 2.29 bits per heavy atom. The van der Waals surface area contributed by atoms with Gasteiger partial charge in [0, 0.05) is 17.1 Å². The van der Waals surface area contributed by atoms with Crippen LogP contribution in [0.2, 0.25) is 0 Å². The molecule has 5 heteroatoms. The number of thiophene rings is 1. The average molecular weight is 209 g/mol. The molecule has 0 bridgehead atoms. The van der Waals surface area contributed by atoms with Crippen molar-refractivity contribution in [3.8, 4) is 0 Å². The van der Waals surface area contributed by atoms with Crippen molar-refractivity contribution < 1.29 is 9.90 Å². The lowest BCUT2D eigenvalue weighted by Crippen LogP contribution is -2.03. The quantitative estimate of drug-likeness (QED) is 0.749. The van der Waals surface area contributed by atoms with Crippen LogP contribution in [0, 0.1) is 6.92 Å². The minimum atomic E-state index is -1.01. The highest BCUT2D eigenvalue weighted by atomic mass is 32.1. The third-order valence-electron chi connectivity index (χ3n) is 1.92. The SMILES string of the molecule is Cc1cc(=O)c2csc(C(=O)O)c2[nH]1. The molecule has 14 heavy (non-hydrogen) atoms. The molecule has 72 valence electrons. The molecule has 0 unspecified atom stereocenters. The molecule has 0 spiro atoms. The molecule has 0 radical (unpaired) electrons. The number of carboxylic acid groups (broad SMARTS) is 1. The van der Waals surface area contributed by atoms with E-state index in [0.29, 0.717) is 16.6 Å². The number of carboxylic acids is 1. The van der Waals surface area contributed by atoms with Gasteiger partial charge in [0.1, 0.15) is 4.88 Å². The molecule has 0 atom stereocenters. The van der Waals surface area contributed by atoms with E-state index in [0.717, 1.165) is 11.3 Å². The Morgan fingerprint density at radius 1 is 1.57 bits per heavy atom. The van der Waals surface area contributed by atoms with E-state index in [4.69, 9.17) is 5.11 Å². The van der Waals surface area contributed by atoms with Crippen molar-refractivity contribution >= 4 is 28.2 Å². The molecule has 0 aliphatic heterocycles. The van der Waals surface area contributed by atoms with Gasteiger partial charge in [-0.3, -0.25) is 4.79 Å². The van der Waals surface area contributed by atoms with Crippen LogP contribution in [0.4, 0.5) is 0 Å². The molecule has 0 saturated heterocycles. The normalized spacial score (nSPS) is 10.6. The van der Waals surface area contributed by atoms with E-state index in [-0.39, 0.29) is 10.3 Å². The summed E-state index contributed by atoms with van der Waals surface area (Å²) in [7, 11) is 0. The molecule has 0 amide bonds. The smallest absolute Gasteiger partial charge is 0.348 e. The second-order valence-corrected chi connectivity index (χ2v) is 3.85. The Morgan fingerprint density at radius 3 is 2.93 bits per heavy atom. The summed E-state index contributed by atoms with van der Waals surface area (Å²) in [6, 6.07) is 1.46. The van der Waals surface area contributed by atoms with Crippen molar-refractivity contribution in [3.63, 3.8) is 0 Å². The fourth-order valence-electron chi connectivity index (χ4n) is 1.33. The first-order valence-electron chi connectivity index (χ1n) is 3.94. The summed E-state index contributed by atoms with van der Waals surface area (Å²) in [5, 5.41) is 10.9. The van der Waals surface area contributed by atoms with Gasteiger partial charge < -0.3 is 10.1 Å². The number of aromatic amines is 1. The molecular weight excluding hydrogens is 202 g/mol. The van der Waals surface area contributed by atoms with Gasteiger partial charge in [-0.05, 0) is 6.92 Å². The number of carbonyl (C=O) groups is 1. The van der Waals surface area contributed by atoms with Crippen LogP contribution in [0.5, 0.6) is 0 Å². The van der Waals surface area contributed by atoms with Crippen LogP contribution in [0.3, 0.4) is 0 Å². The van der Waals surface area contributed by atoms with Gasteiger partial charge in [0.25, 0.3) is 0 Å². The van der Waals surface area contributed by atoms with Gasteiger partial charge in [-0.25, -0.2) is 4.79 Å². The zero-order valence-corrected chi connectivity index (χ0v) is 8.14. The molecule has 0 aliphatic rings. The second-order valence-electron chi connectivity index (χ2n) is 2.98. The van der Waals surface area contributed by atoms with Crippen molar-refractivity contribution in [1.82, 2.24) is 4.98 Å². The first-order valence-corrected chi connectivity index (χ1v) is 4.82. The molecule has 0 aromatic carbocycles. The molecule has 4 nitrogen and oxygen atoms in total. The lowest BCUT2D eigenvalue weighted by Gasteiger charge is -1.95. The molecule has 2 aromatic heterocycles. The van der Waals surface area contributed by atoms with E-state index in [9.17, 15) is 9.59 Å². The van der Waals surface area contributed by atoms with Gasteiger partial charge in [-0.2, -0.15) is 0 Å². The molecular formula is C9H7NO3S. The maximum atomic E-state index is 11.4. The van der Waals surface area contributed by atoms with Gasteiger partial charge in [0.15, 0.2) is 5.43 Å². The van der Waals surface area contributed by atoms with Crippen LogP contribution >= 0.6 is 11.3 Å². The number of hydrogen-bond donors (Lipinski definition) is 2. The number of aromatic carboxylic acids is 1. The third kappa shape index (κ3) is 1.22. The number of aromatic nitrogens is 1. The van der Waals surface area contributed by atoms with Gasteiger partial charge >= 0.3 is 5.97 Å².